The fourth-order valence-electron chi connectivity index (χ4n) is 4.79. The van der Waals surface area contributed by atoms with Gasteiger partial charge in [0.25, 0.3) is 0 Å². The molecule has 4 rings (SSSR count). The number of hydrogen-bond donors (Lipinski definition) is 0. The predicted octanol–water partition coefficient (Wildman–Crippen LogP) is 6.96. The van der Waals surface area contributed by atoms with E-state index in [0.717, 1.165) is 11.9 Å². The van der Waals surface area contributed by atoms with Gasteiger partial charge in [0.05, 0.1) is 0 Å². The van der Waals surface area contributed by atoms with Crippen LogP contribution in [0, 0.1) is 20.8 Å². The van der Waals surface area contributed by atoms with Crippen LogP contribution < -0.4 is 20.7 Å². The molecule has 0 fully saturated rings. The Morgan fingerprint density at radius 2 is 1.06 bits per heavy atom. The van der Waals surface area contributed by atoms with E-state index in [1.807, 2.05) is 0 Å². The number of ether oxygens (including phenoxy) is 1. The van der Waals surface area contributed by atoms with Crippen molar-refractivity contribution in [2.45, 2.75) is 26.9 Å². The maximum atomic E-state index is 5.67. The quantitative estimate of drug-likeness (QED) is 0.258. The number of aryl methyl sites for hydroxylation is 1. The van der Waals surface area contributed by atoms with Gasteiger partial charge in [0.1, 0.15) is 0 Å². The Morgan fingerprint density at radius 3 is 1.44 bits per heavy atom. The summed E-state index contributed by atoms with van der Waals surface area (Å²) in [6.45, 7) is 6.60. The van der Waals surface area contributed by atoms with E-state index in [2.05, 4.69) is 133 Å². The first kappa shape index (κ1) is 22.8. The molecule has 0 amide bonds. The summed E-state index contributed by atoms with van der Waals surface area (Å²) >= 11 is 4.58. The number of methoxy groups -OCH3 is 1. The molecule has 0 atom stereocenters. The van der Waals surface area contributed by atoms with Crippen LogP contribution in [0.2, 0.25) is 0 Å². The summed E-state index contributed by atoms with van der Waals surface area (Å²) in [5.41, 5.74) is 5.16. The average molecular weight is 505 g/mol. The van der Waals surface area contributed by atoms with E-state index in [4.69, 9.17) is 4.74 Å². The van der Waals surface area contributed by atoms with Gasteiger partial charge in [-0.1, -0.05) is 0 Å². The topological polar surface area (TPSA) is 9.23 Å². The molecule has 0 bridgehead atoms. The van der Waals surface area contributed by atoms with Crippen molar-refractivity contribution in [3.05, 3.63) is 119 Å². The molecule has 1 nitrogen and oxygen atoms in total. The summed E-state index contributed by atoms with van der Waals surface area (Å²) in [6, 6.07) is 35.1. The van der Waals surface area contributed by atoms with Crippen molar-refractivity contribution in [3.8, 4) is 5.75 Å². The van der Waals surface area contributed by atoms with Gasteiger partial charge >= 0.3 is 201 Å². The van der Waals surface area contributed by atoms with Gasteiger partial charge in [-0.05, 0) is 0 Å². The molecule has 0 heterocycles. The Kier molecular flexibility index (Phi) is 6.30. The second kappa shape index (κ2) is 8.85. The number of rotatable bonds is 6. The minimum absolute atomic E-state index is 0.895. The van der Waals surface area contributed by atoms with Crippen LogP contribution in [0.3, 0.4) is 0 Å². The molecule has 0 radical (unpaired) electrons. The van der Waals surface area contributed by atoms with Crippen LogP contribution in [0.1, 0.15) is 22.3 Å². The number of benzene rings is 4. The first-order valence-corrected chi connectivity index (χ1v) is 15.4. The van der Waals surface area contributed by atoms with Crippen LogP contribution in [0.5, 0.6) is 5.75 Å². The monoisotopic (exact) mass is 504 g/mol. The molecule has 0 aliphatic carbocycles. The Balaban J connectivity index is 2.12. The average Bonchev–Trinajstić information content (AvgIpc) is 2.85. The van der Waals surface area contributed by atoms with E-state index in [1.165, 1.54) is 38.2 Å². The molecule has 164 valence electrons. The third-order valence-corrected chi connectivity index (χ3v) is 16.2. The van der Waals surface area contributed by atoms with Gasteiger partial charge in [-0.15, -0.1) is 0 Å². The normalized spacial score (nSPS) is 12.7. The molecule has 0 unspecified atom stereocenters. The van der Waals surface area contributed by atoms with Crippen LogP contribution >= 0.6 is 20.8 Å². The third kappa shape index (κ3) is 3.60. The third-order valence-electron chi connectivity index (χ3n) is 6.77. The second-order valence-electron chi connectivity index (χ2n) is 8.47. The molecule has 3 heteroatoms. The van der Waals surface area contributed by atoms with E-state index in [-0.39, 0.29) is 0 Å². The standard InChI is InChI=1S/C29H30BrOP/c1-22-20-29(31-4)24(3)23(2)28(22)21-32(30,25-14-8-5-9-15-25,26-16-10-6-11-17-26)27-18-12-7-13-19-27/h5-20H,21H2,1-4H3. The fourth-order valence-corrected chi connectivity index (χ4v) is 12.6. The van der Waals surface area contributed by atoms with Gasteiger partial charge in [0, 0.05) is 0 Å². The summed E-state index contributed by atoms with van der Waals surface area (Å²) in [5.74, 6) is 0.956. The van der Waals surface area contributed by atoms with Crippen molar-refractivity contribution >= 4 is 36.7 Å². The molecule has 0 N–H and O–H groups in total. The Hall–Kier alpha value is -2.41. The first-order valence-electron chi connectivity index (χ1n) is 10.9. The summed E-state index contributed by atoms with van der Waals surface area (Å²) in [6.07, 6.45) is 0.895. The fraction of sp³-hybridized carbons (Fsp3) is 0.172. The zero-order valence-electron chi connectivity index (χ0n) is 19.2. The van der Waals surface area contributed by atoms with Gasteiger partial charge in [0.15, 0.2) is 0 Å². The van der Waals surface area contributed by atoms with Gasteiger partial charge in [0.2, 0.25) is 0 Å². The van der Waals surface area contributed by atoms with Crippen LogP contribution in [-0.4, -0.2) is 7.11 Å². The summed E-state index contributed by atoms with van der Waals surface area (Å²) in [5, 5.41) is 0.981. The molecule has 4 aromatic rings. The molecule has 0 spiro atoms. The molecule has 0 aliphatic rings. The molecule has 0 aliphatic heterocycles. The van der Waals surface area contributed by atoms with E-state index < -0.39 is 5.31 Å². The molecule has 0 saturated heterocycles. The second-order valence-corrected chi connectivity index (χ2v) is 17.4. The van der Waals surface area contributed by atoms with Crippen molar-refractivity contribution in [1.29, 1.82) is 0 Å². The van der Waals surface area contributed by atoms with E-state index in [1.54, 1.807) is 7.11 Å². The molecule has 32 heavy (non-hydrogen) atoms. The van der Waals surface area contributed by atoms with Crippen LogP contribution in [0.15, 0.2) is 97.1 Å². The molecule has 0 saturated carbocycles. The van der Waals surface area contributed by atoms with E-state index in [0.29, 0.717) is 0 Å². The summed E-state index contributed by atoms with van der Waals surface area (Å²) in [7, 11) is 1.75. The van der Waals surface area contributed by atoms with Crippen molar-refractivity contribution in [1.82, 2.24) is 0 Å². The SMILES string of the molecule is COc1cc(C)c(CP(Br)(c2ccccc2)(c2ccccc2)c2ccccc2)c(C)c1C. The van der Waals surface area contributed by atoms with Crippen molar-refractivity contribution in [2.24, 2.45) is 0 Å². The molecule has 4 aromatic carbocycles. The minimum atomic E-state index is -3.03. The van der Waals surface area contributed by atoms with Crippen LogP contribution in [0.4, 0.5) is 0 Å². The zero-order chi connectivity index (χ0) is 22.8. The van der Waals surface area contributed by atoms with E-state index >= 15 is 0 Å². The Bertz CT molecular complexity index is 1120. The molecule has 0 aromatic heterocycles. The van der Waals surface area contributed by atoms with Gasteiger partial charge in [-0.25, -0.2) is 0 Å². The summed E-state index contributed by atoms with van der Waals surface area (Å²) < 4.78 is 5.67. The Labute approximate surface area is 200 Å². The zero-order valence-corrected chi connectivity index (χ0v) is 21.7. The van der Waals surface area contributed by atoms with Crippen molar-refractivity contribution in [2.75, 3.05) is 7.11 Å². The van der Waals surface area contributed by atoms with Crippen molar-refractivity contribution in [3.63, 3.8) is 0 Å². The van der Waals surface area contributed by atoms with Crippen LogP contribution in [0.25, 0.3) is 0 Å². The van der Waals surface area contributed by atoms with Gasteiger partial charge in [-0.3, -0.25) is 0 Å². The number of halogens is 1. The molecular formula is C29H30BrOP. The van der Waals surface area contributed by atoms with Gasteiger partial charge < -0.3 is 0 Å². The number of hydrogen-bond acceptors (Lipinski definition) is 1. The maximum absolute atomic E-state index is 5.67. The Morgan fingerprint density at radius 1 is 0.656 bits per heavy atom. The predicted molar refractivity (Wildman–Crippen MR) is 145 cm³/mol. The molecular weight excluding hydrogens is 475 g/mol. The van der Waals surface area contributed by atoms with E-state index in [9.17, 15) is 0 Å². The summed E-state index contributed by atoms with van der Waals surface area (Å²) in [4.78, 5) is 0. The first-order chi connectivity index (χ1) is 15.4. The van der Waals surface area contributed by atoms with Crippen LogP contribution in [-0.2, 0) is 6.16 Å². The van der Waals surface area contributed by atoms with Crippen molar-refractivity contribution < 1.29 is 4.74 Å². The van der Waals surface area contributed by atoms with Gasteiger partial charge in [-0.2, -0.15) is 0 Å².